The number of allylic oxidation sites excluding steroid dienone is 2. The van der Waals surface area contributed by atoms with Crippen molar-refractivity contribution in [1.29, 1.82) is 0 Å². The van der Waals surface area contributed by atoms with Gasteiger partial charge in [0.05, 0.1) is 0 Å². The van der Waals surface area contributed by atoms with E-state index in [9.17, 15) is 0 Å². The molecule has 0 heterocycles. The van der Waals surface area contributed by atoms with Gasteiger partial charge in [-0.25, -0.2) is 0 Å². The largest absolute Gasteiger partial charge is 0.0856 e. The lowest BCUT2D eigenvalue weighted by atomic mass is 9.93. The zero-order valence-corrected chi connectivity index (χ0v) is 7.19. The molecule has 58 valence electrons. The van der Waals surface area contributed by atoms with Gasteiger partial charge in [-0.3, -0.25) is 0 Å². The highest BCUT2D eigenvalue weighted by atomic mass is 14.1. The van der Waals surface area contributed by atoms with Crippen LogP contribution in [0.4, 0.5) is 0 Å². The smallest absolute Gasteiger partial charge is 0.0321 e. The third-order valence-corrected chi connectivity index (χ3v) is 2.43. The molecule has 1 aliphatic rings. The van der Waals surface area contributed by atoms with E-state index in [4.69, 9.17) is 0 Å². The predicted octanol–water partition coefficient (Wildman–Crippen LogP) is 3.53. The molecule has 0 aromatic heterocycles. The molecule has 0 heteroatoms. The maximum Gasteiger partial charge on any atom is -0.0321 e. The van der Waals surface area contributed by atoms with Gasteiger partial charge in [-0.15, -0.1) is 0 Å². The van der Waals surface area contributed by atoms with Crippen molar-refractivity contribution in [2.24, 2.45) is 5.92 Å². The molecule has 0 aromatic rings. The van der Waals surface area contributed by atoms with E-state index in [1.165, 1.54) is 32.1 Å². The molecule has 0 amide bonds. The summed E-state index contributed by atoms with van der Waals surface area (Å²) in [5.74, 6) is 0.962. The van der Waals surface area contributed by atoms with Crippen LogP contribution in [0.3, 0.4) is 0 Å². The van der Waals surface area contributed by atoms with Crippen molar-refractivity contribution in [3.63, 3.8) is 0 Å². The van der Waals surface area contributed by atoms with Gasteiger partial charge in [-0.05, 0) is 38.5 Å². The van der Waals surface area contributed by atoms with E-state index in [1.807, 2.05) is 0 Å². The van der Waals surface area contributed by atoms with Gasteiger partial charge in [0.1, 0.15) is 0 Å². The van der Waals surface area contributed by atoms with E-state index in [1.54, 1.807) is 5.57 Å². The predicted molar refractivity (Wildman–Crippen MR) is 46.0 cm³/mol. The number of hydrogen-bond donors (Lipinski definition) is 0. The fraction of sp³-hybridized carbons (Fsp3) is 0.800. The summed E-state index contributed by atoms with van der Waals surface area (Å²) in [7, 11) is 0. The van der Waals surface area contributed by atoms with Crippen LogP contribution >= 0.6 is 0 Å². The van der Waals surface area contributed by atoms with Crippen LogP contribution in [-0.2, 0) is 0 Å². The lowest BCUT2D eigenvalue weighted by molar-refractivity contribution is 0.467. The molecule has 1 aliphatic carbocycles. The van der Waals surface area contributed by atoms with Crippen LogP contribution in [0.15, 0.2) is 11.6 Å². The van der Waals surface area contributed by atoms with Gasteiger partial charge in [-0.2, -0.15) is 0 Å². The van der Waals surface area contributed by atoms with Crippen molar-refractivity contribution in [3.05, 3.63) is 11.6 Å². The Bertz CT molecular complexity index is 122. The summed E-state index contributed by atoms with van der Waals surface area (Å²) in [6, 6.07) is 0. The first-order valence-electron chi connectivity index (χ1n) is 4.44. The van der Waals surface area contributed by atoms with E-state index >= 15 is 0 Å². The van der Waals surface area contributed by atoms with Gasteiger partial charge < -0.3 is 0 Å². The molecule has 10 heavy (non-hydrogen) atoms. The van der Waals surface area contributed by atoms with E-state index in [2.05, 4.69) is 19.9 Å². The fourth-order valence-corrected chi connectivity index (χ4v) is 1.54. The summed E-state index contributed by atoms with van der Waals surface area (Å²) < 4.78 is 0. The third-order valence-electron chi connectivity index (χ3n) is 2.43. The van der Waals surface area contributed by atoms with E-state index in [-0.39, 0.29) is 0 Å². The minimum Gasteiger partial charge on any atom is -0.0856 e. The second kappa shape index (κ2) is 3.80. The van der Waals surface area contributed by atoms with Crippen molar-refractivity contribution in [2.75, 3.05) is 0 Å². The standard InChI is InChI=1S/C10H18/c1-9-5-3-4-6-10(2)8-7-9/h5,10H,3-4,6-8H2,1-2H3. The molecule has 0 N–H and O–H groups in total. The minimum atomic E-state index is 0.962. The summed E-state index contributed by atoms with van der Waals surface area (Å²) >= 11 is 0. The lowest BCUT2D eigenvalue weighted by Gasteiger charge is -2.13. The second-order valence-electron chi connectivity index (χ2n) is 3.63. The Morgan fingerprint density at radius 2 is 2.20 bits per heavy atom. The molecule has 1 atom stereocenters. The molecule has 0 saturated carbocycles. The van der Waals surface area contributed by atoms with Crippen molar-refractivity contribution in [3.8, 4) is 0 Å². The minimum absolute atomic E-state index is 0.962. The van der Waals surface area contributed by atoms with E-state index in [0.29, 0.717) is 0 Å². The van der Waals surface area contributed by atoms with Crippen molar-refractivity contribution in [2.45, 2.75) is 46.0 Å². The quantitative estimate of drug-likeness (QED) is 0.449. The molecule has 0 bridgehead atoms. The molecule has 0 fully saturated rings. The summed E-state index contributed by atoms with van der Waals surface area (Å²) in [6.07, 6.45) is 9.30. The molecule has 1 unspecified atom stereocenters. The van der Waals surface area contributed by atoms with Crippen LogP contribution < -0.4 is 0 Å². The van der Waals surface area contributed by atoms with Gasteiger partial charge in [0, 0.05) is 0 Å². The van der Waals surface area contributed by atoms with Crippen LogP contribution in [0.5, 0.6) is 0 Å². The Kier molecular flexibility index (Phi) is 2.98. The molecule has 0 spiro atoms. The van der Waals surface area contributed by atoms with Crippen molar-refractivity contribution < 1.29 is 0 Å². The van der Waals surface area contributed by atoms with Gasteiger partial charge in [0.15, 0.2) is 0 Å². The first kappa shape index (κ1) is 7.84. The Morgan fingerprint density at radius 1 is 1.40 bits per heavy atom. The Balaban J connectivity index is 2.39. The monoisotopic (exact) mass is 138 g/mol. The van der Waals surface area contributed by atoms with E-state index in [0.717, 1.165) is 5.92 Å². The van der Waals surface area contributed by atoms with Gasteiger partial charge in [0.25, 0.3) is 0 Å². The van der Waals surface area contributed by atoms with Crippen LogP contribution in [0.25, 0.3) is 0 Å². The van der Waals surface area contributed by atoms with Gasteiger partial charge in [0.2, 0.25) is 0 Å². The number of rotatable bonds is 0. The van der Waals surface area contributed by atoms with Gasteiger partial charge in [-0.1, -0.05) is 25.0 Å². The Hall–Kier alpha value is -0.260. The average molecular weight is 138 g/mol. The first-order valence-corrected chi connectivity index (χ1v) is 4.44. The Morgan fingerprint density at radius 3 is 3.00 bits per heavy atom. The summed E-state index contributed by atoms with van der Waals surface area (Å²) in [6.45, 7) is 4.64. The average Bonchev–Trinajstić information content (AvgIpc) is 1.90. The zero-order valence-electron chi connectivity index (χ0n) is 7.19. The zero-order chi connectivity index (χ0) is 7.40. The highest BCUT2D eigenvalue weighted by Gasteiger charge is 2.04. The van der Waals surface area contributed by atoms with Crippen LogP contribution in [0.1, 0.15) is 46.0 Å². The highest BCUT2D eigenvalue weighted by Crippen LogP contribution is 2.21. The molecule has 0 saturated heterocycles. The molecular formula is C10H18. The topological polar surface area (TPSA) is 0 Å². The summed E-state index contributed by atoms with van der Waals surface area (Å²) in [4.78, 5) is 0. The molecule has 0 nitrogen and oxygen atoms in total. The van der Waals surface area contributed by atoms with Crippen LogP contribution in [0.2, 0.25) is 0 Å². The van der Waals surface area contributed by atoms with Crippen molar-refractivity contribution >= 4 is 0 Å². The summed E-state index contributed by atoms with van der Waals surface area (Å²) in [5.41, 5.74) is 1.60. The maximum absolute atomic E-state index is 2.41. The lowest BCUT2D eigenvalue weighted by Crippen LogP contribution is -1.97. The van der Waals surface area contributed by atoms with Crippen molar-refractivity contribution in [1.82, 2.24) is 0 Å². The van der Waals surface area contributed by atoms with Crippen LogP contribution in [-0.4, -0.2) is 0 Å². The summed E-state index contributed by atoms with van der Waals surface area (Å²) in [5, 5.41) is 0. The molecule has 0 radical (unpaired) electrons. The number of hydrogen-bond acceptors (Lipinski definition) is 0. The normalized spacial score (nSPS) is 28.6. The first-order chi connectivity index (χ1) is 4.79. The molecular weight excluding hydrogens is 120 g/mol. The molecule has 0 aromatic carbocycles. The molecule has 1 rings (SSSR count). The molecule has 0 aliphatic heterocycles. The third kappa shape index (κ3) is 2.55. The highest BCUT2D eigenvalue weighted by molar-refractivity contribution is 4.98. The van der Waals surface area contributed by atoms with E-state index < -0.39 is 0 Å². The fourth-order valence-electron chi connectivity index (χ4n) is 1.54. The van der Waals surface area contributed by atoms with Crippen LogP contribution in [0, 0.1) is 5.92 Å². The maximum atomic E-state index is 2.41. The Labute approximate surface area is 64.3 Å². The van der Waals surface area contributed by atoms with Gasteiger partial charge >= 0.3 is 0 Å². The SMILES string of the molecule is CC1=CCCCC(C)CC1. The second-order valence-corrected chi connectivity index (χ2v) is 3.63.